The van der Waals surface area contributed by atoms with E-state index in [2.05, 4.69) is 50.4 Å². The monoisotopic (exact) mass is 235 g/mol. The second kappa shape index (κ2) is 7.46. The molecule has 17 heavy (non-hydrogen) atoms. The highest BCUT2D eigenvalue weighted by molar-refractivity contribution is 5.26. The van der Waals surface area contributed by atoms with Crippen molar-refractivity contribution in [1.29, 1.82) is 0 Å². The molecule has 0 radical (unpaired) electrons. The number of rotatable bonds is 7. The van der Waals surface area contributed by atoms with Crippen LogP contribution in [0.5, 0.6) is 0 Å². The number of ether oxygens (including phenoxy) is 1. The number of hydrogen-bond donors (Lipinski definition) is 1. The third-order valence-corrected chi connectivity index (χ3v) is 3.17. The van der Waals surface area contributed by atoms with Gasteiger partial charge >= 0.3 is 0 Å². The maximum atomic E-state index is 5.47. The van der Waals surface area contributed by atoms with Crippen molar-refractivity contribution >= 4 is 0 Å². The predicted molar refractivity (Wildman–Crippen MR) is 73.3 cm³/mol. The van der Waals surface area contributed by atoms with Gasteiger partial charge in [0.05, 0.1) is 12.1 Å². The Morgan fingerprint density at radius 2 is 2.06 bits per heavy atom. The Morgan fingerprint density at radius 3 is 2.65 bits per heavy atom. The zero-order valence-corrected chi connectivity index (χ0v) is 11.5. The molecule has 0 saturated heterocycles. The standard InChI is InChI=1S/C15H25NO/c1-5-10-16-15(12(3)17-4)14-9-7-8-13(6-2)11-14/h7-9,11-12,15-16H,5-6,10H2,1-4H3. The van der Waals surface area contributed by atoms with E-state index < -0.39 is 0 Å². The van der Waals surface area contributed by atoms with Crippen molar-refractivity contribution in [3.05, 3.63) is 35.4 Å². The molecular formula is C15H25NO. The summed E-state index contributed by atoms with van der Waals surface area (Å²) in [6.07, 6.45) is 2.41. The van der Waals surface area contributed by atoms with Crippen molar-refractivity contribution in [3.8, 4) is 0 Å². The third kappa shape index (κ3) is 4.14. The maximum Gasteiger partial charge on any atom is 0.0737 e. The number of aryl methyl sites for hydroxylation is 1. The number of benzene rings is 1. The van der Waals surface area contributed by atoms with Gasteiger partial charge in [0.15, 0.2) is 0 Å². The first-order valence-electron chi connectivity index (χ1n) is 6.57. The lowest BCUT2D eigenvalue weighted by atomic mass is 9.99. The van der Waals surface area contributed by atoms with Crippen LogP contribution in [0.2, 0.25) is 0 Å². The van der Waals surface area contributed by atoms with Gasteiger partial charge in [0.2, 0.25) is 0 Å². The molecule has 2 atom stereocenters. The normalized spacial score (nSPS) is 14.6. The van der Waals surface area contributed by atoms with Crippen molar-refractivity contribution in [2.24, 2.45) is 0 Å². The van der Waals surface area contributed by atoms with Crippen LogP contribution in [0.3, 0.4) is 0 Å². The molecule has 0 aliphatic rings. The van der Waals surface area contributed by atoms with Crippen LogP contribution in [-0.2, 0) is 11.2 Å². The zero-order valence-electron chi connectivity index (χ0n) is 11.5. The fourth-order valence-electron chi connectivity index (χ4n) is 2.00. The van der Waals surface area contributed by atoms with Gasteiger partial charge in [-0.25, -0.2) is 0 Å². The van der Waals surface area contributed by atoms with Gasteiger partial charge in [0.1, 0.15) is 0 Å². The summed E-state index contributed by atoms with van der Waals surface area (Å²) in [5, 5.41) is 3.56. The van der Waals surface area contributed by atoms with E-state index in [9.17, 15) is 0 Å². The topological polar surface area (TPSA) is 21.3 Å². The molecule has 2 heteroatoms. The lowest BCUT2D eigenvalue weighted by Crippen LogP contribution is -2.32. The average Bonchev–Trinajstić information content (AvgIpc) is 2.39. The Bertz CT molecular complexity index is 324. The molecule has 0 saturated carbocycles. The Hall–Kier alpha value is -0.860. The summed E-state index contributed by atoms with van der Waals surface area (Å²) in [5.41, 5.74) is 2.71. The van der Waals surface area contributed by atoms with Crippen LogP contribution in [0, 0.1) is 0 Å². The maximum absolute atomic E-state index is 5.47. The minimum atomic E-state index is 0.189. The number of nitrogens with one attached hydrogen (secondary N) is 1. The zero-order chi connectivity index (χ0) is 12.7. The molecule has 2 nitrogen and oxygen atoms in total. The lowest BCUT2D eigenvalue weighted by molar-refractivity contribution is 0.0830. The van der Waals surface area contributed by atoms with E-state index in [1.54, 1.807) is 7.11 Å². The van der Waals surface area contributed by atoms with E-state index >= 15 is 0 Å². The smallest absolute Gasteiger partial charge is 0.0737 e. The van der Waals surface area contributed by atoms with Crippen molar-refractivity contribution in [1.82, 2.24) is 5.32 Å². The Labute approximate surface area is 105 Å². The van der Waals surface area contributed by atoms with E-state index in [1.165, 1.54) is 11.1 Å². The molecule has 2 unspecified atom stereocenters. The second-order valence-corrected chi connectivity index (χ2v) is 4.47. The summed E-state index contributed by atoms with van der Waals surface area (Å²) in [5.74, 6) is 0. The summed E-state index contributed by atoms with van der Waals surface area (Å²) in [6, 6.07) is 9.06. The van der Waals surface area contributed by atoms with Gasteiger partial charge in [-0.1, -0.05) is 38.1 Å². The molecule has 96 valence electrons. The quantitative estimate of drug-likeness (QED) is 0.782. The molecule has 0 amide bonds. The highest BCUT2D eigenvalue weighted by Gasteiger charge is 2.18. The van der Waals surface area contributed by atoms with Crippen molar-refractivity contribution in [3.63, 3.8) is 0 Å². The Kier molecular flexibility index (Phi) is 6.23. The first-order valence-corrected chi connectivity index (χ1v) is 6.57. The van der Waals surface area contributed by atoms with Gasteiger partial charge in [-0.15, -0.1) is 0 Å². The molecule has 1 aromatic rings. The summed E-state index contributed by atoms with van der Waals surface area (Å²) < 4.78 is 5.47. The van der Waals surface area contributed by atoms with Gasteiger partial charge < -0.3 is 10.1 Å². The van der Waals surface area contributed by atoms with Gasteiger partial charge in [-0.3, -0.25) is 0 Å². The van der Waals surface area contributed by atoms with E-state index in [4.69, 9.17) is 4.74 Å². The summed E-state index contributed by atoms with van der Waals surface area (Å²) in [6.45, 7) is 7.51. The fourth-order valence-corrected chi connectivity index (χ4v) is 2.00. The minimum Gasteiger partial charge on any atom is -0.380 e. The van der Waals surface area contributed by atoms with Crippen LogP contribution in [0.4, 0.5) is 0 Å². The molecule has 0 aliphatic carbocycles. The van der Waals surface area contributed by atoms with Crippen LogP contribution >= 0.6 is 0 Å². The van der Waals surface area contributed by atoms with E-state index in [-0.39, 0.29) is 12.1 Å². The summed E-state index contributed by atoms with van der Waals surface area (Å²) in [4.78, 5) is 0. The summed E-state index contributed by atoms with van der Waals surface area (Å²) in [7, 11) is 1.77. The van der Waals surface area contributed by atoms with Crippen LogP contribution in [-0.4, -0.2) is 19.8 Å². The molecular weight excluding hydrogens is 210 g/mol. The third-order valence-electron chi connectivity index (χ3n) is 3.17. The van der Waals surface area contributed by atoms with Crippen LogP contribution in [0.15, 0.2) is 24.3 Å². The van der Waals surface area contributed by atoms with Crippen molar-refractivity contribution in [2.75, 3.05) is 13.7 Å². The van der Waals surface area contributed by atoms with Gasteiger partial charge in [0.25, 0.3) is 0 Å². The van der Waals surface area contributed by atoms with Crippen LogP contribution in [0.25, 0.3) is 0 Å². The highest BCUT2D eigenvalue weighted by Crippen LogP contribution is 2.20. The molecule has 0 aromatic heterocycles. The van der Waals surface area contributed by atoms with Gasteiger partial charge in [0, 0.05) is 7.11 Å². The minimum absolute atomic E-state index is 0.189. The first kappa shape index (κ1) is 14.2. The first-order chi connectivity index (χ1) is 8.22. The Morgan fingerprint density at radius 1 is 1.29 bits per heavy atom. The summed E-state index contributed by atoms with van der Waals surface area (Å²) >= 11 is 0. The fraction of sp³-hybridized carbons (Fsp3) is 0.600. The van der Waals surface area contributed by atoms with E-state index in [1.807, 2.05) is 0 Å². The molecule has 1 N–H and O–H groups in total. The molecule has 0 aliphatic heterocycles. The van der Waals surface area contributed by atoms with Crippen LogP contribution in [0.1, 0.15) is 44.4 Å². The number of hydrogen-bond acceptors (Lipinski definition) is 2. The molecule has 1 rings (SSSR count). The average molecular weight is 235 g/mol. The SMILES string of the molecule is CCCNC(c1cccc(CC)c1)C(C)OC. The number of methoxy groups -OCH3 is 1. The molecule has 1 aromatic carbocycles. The van der Waals surface area contributed by atoms with E-state index in [0.29, 0.717) is 0 Å². The second-order valence-electron chi connectivity index (χ2n) is 4.47. The Balaban J connectivity index is 2.86. The highest BCUT2D eigenvalue weighted by atomic mass is 16.5. The lowest BCUT2D eigenvalue weighted by Gasteiger charge is -2.25. The molecule has 0 spiro atoms. The van der Waals surface area contributed by atoms with E-state index in [0.717, 1.165) is 19.4 Å². The van der Waals surface area contributed by atoms with Crippen molar-refractivity contribution in [2.45, 2.75) is 45.8 Å². The predicted octanol–water partition coefficient (Wildman–Crippen LogP) is 3.32. The van der Waals surface area contributed by atoms with Crippen molar-refractivity contribution < 1.29 is 4.74 Å². The molecule has 0 fully saturated rings. The van der Waals surface area contributed by atoms with Gasteiger partial charge in [-0.05, 0) is 37.4 Å². The van der Waals surface area contributed by atoms with Gasteiger partial charge in [-0.2, -0.15) is 0 Å². The molecule has 0 heterocycles. The van der Waals surface area contributed by atoms with Crippen LogP contribution < -0.4 is 5.32 Å². The largest absolute Gasteiger partial charge is 0.380 e. The molecule has 0 bridgehead atoms.